The van der Waals surface area contributed by atoms with Crippen molar-refractivity contribution in [3.05, 3.63) is 58.2 Å². The first-order valence-corrected chi connectivity index (χ1v) is 8.31. The van der Waals surface area contributed by atoms with Crippen molar-refractivity contribution in [3.8, 4) is 11.5 Å². The average Bonchev–Trinajstić information content (AvgIpc) is 2.77. The molecule has 0 N–H and O–H groups in total. The summed E-state index contributed by atoms with van der Waals surface area (Å²) in [5, 5.41) is 0. The first-order chi connectivity index (χ1) is 14.8. The summed E-state index contributed by atoms with van der Waals surface area (Å²) < 4.78 is 142. The molecule has 0 spiro atoms. The third-order valence-corrected chi connectivity index (χ3v) is 3.89. The topological polar surface area (TPSA) is 52.6 Å². The predicted octanol–water partition coefficient (Wildman–Crippen LogP) is 5.00. The van der Waals surface area contributed by atoms with E-state index >= 15 is 0 Å². The van der Waals surface area contributed by atoms with Crippen LogP contribution in [-0.2, 0) is 9.59 Å². The summed E-state index contributed by atoms with van der Waals surface area (Å²) in [6, 6.07) is 0. The lowest BCUT2D eigenvalue weighted by atomic mass is 10.0. The van der Waals surface area contributed by atoms with Crippen molar-refractivity contribution < 1.29 is 63.0 Å². The maximum Gasteiger partial charge on any atom is 0.325 e. The van der Waals surface area contributed by atoms with E-state index in [1.807, 2.05) is 0 Å². The Morgan fingerprint density at radius 1 is 0.562 bits per heavy atom. The molecule has 2 aromatic rings. The number of esters is 2. The van der Waals surface area contributed by atoms with Crippen molar-refractivity contribution >= 4 is 11.9 Å². The lowest BCUT2D eigenvalue weighted by Gasteiger charge is -2.16. The van der Waals surface area contributed by atoms with Gasteiger partial charge >= 0.3 is 11.9 Å². The molecule has 32 heavy (non-hydrogen) atoms. The van der Waals surface area contributed by atoms with Crippen molar-refractivity contribution in [1.82, 2.24) is 0 Å². The molecule has 174 valence electrons. The standard InChI is InChI=1S/C18H8F10O4/c1-2-3-4(17(29)31-15-11(25)7(21)5(19)8(22)12(15)26)18(30)32-16-13(27)9(23)6(20)10(24)14(16)28/h4H,2-3H2,1H3. The summed E-state index contributed by atoms with van der Waals surface area (Å²) in [5.41, 5.74) is 0. The SMILES string of the molecule is CCCC(C(=O)Oc1c(F)c(F)c(F)c(F)c1F)C(=O)Oc1c(F)c(F)c(F)c(F)c1F. The first kappa shape index (κ1) is 24.9. The van der Waals surface area contributed by atoms with Crippen LogP contribution in [0.25, 0.3) is 0 Å². The highest BCUT2D eigenvalue weighted by atomic mass is 19.2. The van der Waals surface area contributed by atoms with E-state index in [1.54, 1.807) is 0 Å². The zero-order chi connectivity index (χ0) is 24.5. The lowest BCUT2D eigenvalue weighted by Crippen LogP contribution is -2.32. The van der Waals surface area contributed by atoms with Crippen molar-refractivity contribution in [3.63, 3.8) is 0 Å². The zero-order valence-corrected chi connectivity index (χ0v) is 15.4. The summed E-state index contributed by atoms with van der Waals surface area (Å²) in [6.07, 6.45) is -0.758. The first-order valence-electron chi connectivity index (χ1n) is 8.31. The van der Waals surface area contributed by atoms with Crippen LogP contribution in [0.3, 0.4) is 0 Å². The van der Waals surface area contributed by atoms with Gasteiger partial charge in [-0.25, -0.2) is 26.3 Å². The van der Waals surface area contributed by atoms with Gasteiger partial charge in [-0.2, -0.15) is 17.6 Å². The average molecular weight is 478 g/mol. The van der Waals surface area contributed by atoms with Crippen LogP contribution < -0.4 is 9.47 Å². The van der Waals surface area contributed by atoms with Crippen LogP contribution in [0.4, 0.5) is 43.9 Å². The molecule has 2 rings (SSSR count). The van der Waals surface area contributed by atoms with E-state index < -0.39 is 93.9 Å². The molecular formula is C18H8F10O4. The van der Waals surface area contributed by atoms with Gasteiger partial charge in [0, 0.05) is 0 Å². The minimum Gasteiger partial charge on any atom is -0.419 e. The number of hydrogen-bond acceptors (Lipinski definition) is 4. The van der Waals surface area contributed by atoms with Crippen LogP contribution >= 0.6 is 0 Å². The second-order valence-electron chi connectivity index (χ2n) is 5.98. The van der Waals surface area contributed by atoms with E-state index in [4.69, 9.17) is 0 Å². The smallest absolute Gasteiger partial charge is 0.325 e. The quantitative estimate of drug-likeness (QED) is 0.146. The van der Waals surface area contributed by atoms with Gasteiger partial charge in [0.25, 0.3) is 0 Å². The highest BCUT2D eigenvalue weighted by molar-refractivity contribution is 5.96. The molecule has 0 aliphatic rings. The molecule has 0 heterocycles. The largest absolute Gasteiger partial charge is 0.419 e. The van der Waals surface area contributed by atoms with Crippen molar-refractivity contribution in [2.45, 2.75) is 19.8 Å². The molecule has 0 saturated carbocycles. The lowest BCUT2D eigenvalue weighted by molar-refractivity contribution is -0.152. The normalized spacial score (nSPS) is 11.1. The molecule has 0 fully saturated rings. The fourth-order valence-electron chi connectivity index (χ4n) is 2.31. The number of rotatable bonds is 6. The number of halogens is 10. The van der Waals surface area contributed by atoms with Crippen molar-refractivity contribution in [2.75, 3.05) is 0 Å². The third kappa shape index (κ3) is 4.34. The second kappa shape index (κ2) is 9.44. The minimum absolute atomic E-state index is 0.122. The van der Waals surface area contributed by atoms with Gasteiger partial charge in [-0.15, -0.1) is 0 Å². The molecule has 14 heteroatoms. The summed E-state index contributed by atoms with van der Waals surface area (Å²) in [4.78, 5) is 24.2. The molecule has 4 nitrogen and oxygen atoms in total. The van der Waals surface area contributed by atoms with Gasteiger partial charge in [0.15, 0.2) is 5.92 Å². The van der Waals surface area contributed by atoms with Crippen LogP contribution in [0.1, 0.15) is 19.8 Å². The third-order valence-electron chi connectivity index (χ3n) is 3.89. The molecule has 2 aromatic carbocycles. The van der Waals surface area contributed by atoms with Gasteiger partial charge < -0.3 is 9.47 Å². The fraction of sp³-hybridized carbons (Fsp3) is 0.222. The Labute approximate surface area is 171 Å². The Bertz CT molecular complexity index is 961. The Balaban J connectivity index is 2.40. The van der Waals surface area contributed by atoms with Crippen molar-refractivity contribution in [2.24, 2.45) is 5.92 Å². The van der Waals surface area contributed by atoms with Crippen LogP contribution in [-0.4, -0.2) is 11.9 Å². The van der Waals surface area contributed by atoms with E-state index in [9.17, 15) is 53.5 Å². The van der Waals surface area contributed by atoms with E-state index in [0.717, 1.165) is 0 Å². The van der Waals surface area contributed by atoms with E-state index in [-0.39, 0.29) is 6.42 Å². The van der Waals surface area contributed by atoms with Crippen LogP contribution in [0, 0.1) is 64.1 Å². The van der Waals surface area contributed by atoms with Crippen LogP contribution in [0.5, 0.6) is 11.5 Å². The molecule has 0 aromatic heterocycles. The second-order valence-corrected chi connectivity index (χ2v) is 5.98. The summed E-state index contributed by atoms with van der Waals surface area (Å²) in [7, 11) is 0. The van der Waals surface area contributed by atoms with E-state index in [2.05, 4.69) is 9.47 Å². The number of ether oxygens (including phenoxy) is 2. The molecule has 0 radical (unpaired) electrons. The van der Waals surface area contributed by atoms with Gasteiger partial charge in [0.05, 0.1) is 0 Å². The van der Waals surface area contributed by atoms with Gasteiger partial charge in [-0.05, 0) is 6.42 Å². The van der Waals surface area contributed by atoms with Gasteiger partial charge in [-0.3, -0.25) is 9.59 Å². The molecule has 0 atom stereocenters. The van der Waals surface area contributed by atoms with Crippen molar-refractivity contribution in [1.29, 1.82) is 0 Å². The van der Waals surface area contributed by atoms with Gasteiger partial charge in [0.2, 0.25) is 69.7 Å². The highest BCUT2D eigenvalue weighted by Crippen LogP contribution is 2.32. The highest BCUT2D eigenvalue weighted by Gasteiger charge is 2.36. The maximum absolute atomic E-state index is 13.7. The Hall–Kier alpha value is -3.32. The number of benzene rings is 2. The Kier molecular flexibility index (Phi) is 7.36. The van der Waals surface area contributed by atoms with E-state index in [1.165, 1.54) is 6.92 Å². The number of carbonyl (C=O) groups is 2. The molecule has 0 aliphatic heterocycles. The van der Waals surface area contributed by atoms with Crippen LogP contribution in [0.2, 0.25) is 0 Å². The Morgan fingerprint density at radius 2 is 0.812 bits per heavy atom. The summed E-state index contributed by atoms with van der Waals surface area (Å²) in [6.45, 7) is 1.31. The molecular weight excluding hydrogens is 470 g/mol. The minimum atomic E-state index is -2.57. The zero-order valence-electron chi connectivity index (χ0n) is 15.4. The maximum atomic E-state index is 13.7. The predicted molar refractivity (Wildman–Crippen MR) is 82.1 cm³/mol. The van der Waals surface area contributed by atoms with E-state index in [0.29, 0.717) is 0 Å². The summed E-state index contributed by atoms with van der Waals surface area (Å²) in [5.74, 6) is -35.8. The molecule has 0 bridgehead atoms. The monoisotopic (exact) mass is 478 g/mol. The molecule has 0 saturated heterocycles. The number of carbonyl (C=O) groups excluding carboxylic acids is 2. The summed E-state index contributed by atoms with van der Waals surface area (Å²) >= 11 is 0. The van der Waals surface area contributed by atoms with Gasteiger partial charge in [0.1, 0.15) is 0 Å². The van der Waals surface area contributed by atoms with Crippen LogP contribution in [0.15, 0.2) is 0 Å². The fourth-order valence-corrected chi connectivity index (χ4v) is 2.31. The van der Waals surface area contributed by atoms with Gasteiger partial charge in [-0.1, -0.05) is 13.3 Å². The molecule has 0 unspecified atom stereocenters. The number of hydrogen-bond donors (Lipinski definition) is 0. The Morgan fingerprint density at radius 3 is 1.06 bits per heavy atom. The molecule has 0 amide bonds. The molecule has 0 aliphatic carbocycles.